The second-order valence-corrected chi connectivity index (χ2v) is 20.0. The van der Waals surface area contributed by atoms with Crippen LogP contribution in [-0.4, -0.2) is 153 Å². The first-order valence-electron chi connectivity index (χ1n) is 25.2. The maximum Gasteiger partial charge on any atom is 0.326 e. The van der Waals surface area contributed by atoms with Crippen molar-refractivity contribution in [2.24, 2.45) is 29.4 Å². The zero-order chi connectivity index (χ0) is 56.9. The van der Waals surface area contributed by atoms with Crippen LogP contribution in [0.5, 0.6) is 0 Å². The third kappa shape index (κ3) is 21.7. The number of aromatic amines is 1. The highest BCUT2D eigenvalue weighted by Gasteiger charge is 2.36. The van der Waals surface area contributed by atoms with Crippen molar-refractivity contribution in [3.05, 3.63) is 36.0 Å². The number of hydrogen-bond donors (Lipinski definition) is 14. The van der Waals surface area contributed by atoms with Crippen LogP contribution < -0.4 is 53.6 Å². The van der Waals surface area contributed by atoms with Gasteiger partial charge in [-0.15, -0.1) is 0 Å². The molecule has 0 unspecified atom stereocenters. The number of aliphatic hydroxyl groups is 1. The lowest BCUT2D eigenvalue weighted by molar-refractivity contribution is -0.144. The molecule has 1 heterocycles. The Balaban J connectivity index is 2.22. The minimum Gasteiger partial charge on any atom is -0.481 e. The number of carboxylic acids is 2. The molecule has 75 heavy (non-hydrogen) atoms. The number of aromatic nitrogens is 1. The predicted octanol–water partition coefficient (Wildman–Crippen LogP) is -1.19. The minimum atomic E-state index is -1.59. The lowest BCUT2D eigenvalue weighted by atomic mass is 9.96. The average molecular weight is 1060 g/mol. The normalized spacial score (nSPS) is 15.3. The number of carboxylic acid groups (broad SMARTS) is 2. The van der Waals surface area contributed by atoms with Crippen LogP contribution in [0.15, 0.2) is 30.5 Å². The van der Waals surface area contributed by atoms with Crippen LogP contribution in [0.2, 0.25) is 0 Å². The minimum absolute atomic E-state index is 0.0606. The molecule has 0 saturated heterocycles. The summed E-state index contributed by atoms with van der Waals surface area (Å²) in [6, 6.07) is -3.10. The summed E-state index contributed by atoms with van der Waals surface area (Å²) in [7, 11) is 0. The number of fused-ring (bicyclic) bond motifs is 1. The van der Waals surface area contributed by atoms with Crippen molar-refractivity contribution in [1.29, 1.82) is 0 Å². The second-order valence-electron chi connectivity index (χ2n) is 20.0. The number of carbonyl (C=O) groups is 11. The second kappa shape index (κ2) is 30.9. The van der Waals surface area contributed by atoms with Gasteiger partial charge in [0, 0.05) is 29.9 Å². The van der Waals surface area contributed by atoms with Crippen molar-refractivity contribution in [3.63, 3.8) is 0 Å². The van der Waals surface area contributed by atoms with Crippen molar-refractivity contribution >= 4 is 76.0 Å². The van der Waals surface area contributed by atoms with Gasteiger partial charge in [0.25, 0.3) is 0 Å². The van der Waals surface area contributed by atoms with Crippen LogP contribution in [0.25, 0.3) is 10.9 Å². The van der Waals surface area contributed by atoms with Gasteiger partial charge >= 0.3 is 11.9 Å². The number of amides is 9. The highest BCUT2D eigenvalue weighted by atomic mass is 16.4. The topological polar surface area (TPSA) is 399 Å². The van der Waals surface area contributed by atoms with E-state index in [2.05, 4.69) is 52.8 Å². The molecular formula is C50H79N11O14. The van der Waals surface area contributed by atoms with Gasteiger partial charge in [-0.1, -0.05) is 80.0 Å². The van der Waals surface area contributed by atoms with E-state index in [9.17, 15) is 63.0 Å². The highest BCUT2D eigenvalue weighted by Crippen LogP contribution is 2.19. The maximum absolute atomic E-state index is 13.9. The Hall–Kier alpha value is -7.15. The van der Waals surface area contributed by atoms with E-state index in [1.165, 1.54) is 13.8 Å². The van der Waals surface area contributed by atoms with Gasteiger partial charge in [0.2, 0.25) is 53.2 Å². The molecule has 25 heteroatoms. The Bertz CT molecular complexity index is 2320. The number of nitrogens with one attached hydrogen (secondary N) is 10. The van der Waals surface area contributed by atoms with E-state index >= 15 is 0 Å². The number of aliphatic carboxylic acids is 2. The van der Waals surface area contributed by atoms with Crippen molar-refractivity contribution in [3.8, 4) is 0 Å². The quantitative estimate of drug-likeness (QED) is 0.0410. The molecule has 0 bridgehead atoms. The third-order valence-corrected chi connectivity index (χ3v) is 12.1. The summed E-state index contributed by atoms with van der Waals surface area (Å²) in [4.78, 5) is 146. The van der Waals surface area contributed by atoms with E-state index < -0.39 is 144 Å². The number of H-pyrrole nitrogens is 1. The fraction of sp³-hybridized carbons (Fsp3) is 0.620. The predicted molar refractivity (Wildman–Crippen MR) is 275 cm³/mol. The summed E-state index contributed by atoms with van der Waals surface area (Å²) in [5.74, 6) is -11.1. The summed E-state index contributed by atoms with van der Waals surface area (Å²) in [5, 5.41) is 52.2. The largest absolute Gasteiger partial charge is 0.481 e. The Kier molecular flexibility index (Phi) is 26.4. The molecule has 0 aliphatic heterocycles. The Morgan fingerprint density at radius 2 is 1.11 bits per heavy atom. The lowest BCUT2D eigenvalue weighted by Crippen LogP contribution is -2.61. The smallest absolute Gasteiger partial charge is 0.326 e. The fourth-order valence-corrected chi connectivity index (χ4v) is 7.66. The molecule has 15 N–H and O–H groups in total. The number of carbonyl (C=O) groups excluding carboxylic acids is 9. The highest BCUT2D eigenvalue weighted by molar-refractivity contribution is 5.98. The first-order valence-corrected chi connectivity index (χ1v) is 25.2. The first kappa shape index (κ1) is 64.0. The van der Waals surface area contributed by atoms with Gasteiger partial charge in [0.15, 0.2) is 0 Å². The van der Waals surface area contributed by atoms with Crippen LogP contribution >= 0.6 is 0 Å². The maximum atomic E-state index is 13.9. The van der Waals surface area contributed by atoms with Crippen LogP contribution in [0.1, 0.15) is 107 Å². The van der Waals surface area contributed by atoms with Crippen LogP contribution in [-0.2, 0) is 59.2 Å². The van der Waals surface area contributed by atoms with E-state index in [-0.39, 0.29) is 43.9 Å². The van der Waals surface area contributed by atoms with Gasteiger partial charge in [0.05, 0.1) is 25.2 Å². The van der Waals surface area contributed by atoms with E-state index in [4.69, 9.17) is 10.8 Å². The molecule has 2 rings (SSSR count). The van der Waals surface area contributed by atoms with Crippen LogP contribution in [0.3, 0.4) is 0 Å². The SMILES string of the molecule is CC[C@H](C)[C@H](NC(=O)CNC(=O)[C@H](Cc1c[nH]c2ccccc12)NC(=O)CNC(=O)[C@H](C)NC(=O)[C@H](CC(C)C)NC(=O)[C@@H](N)CCC(=O)O)C(=O)N[C@@H](CC(C)C)C(=O)N[C@H](C(=O)N[C@H](C(=O)O)C(C)C)[C@@H](C)O. The van der Waals surface area contributed by atoms with Gasteiger partial charge in [-0.3, -0.25) is 47.9 Å². The molecule has 10 atom stereocenters. The summed E-state index contributed by atoms with van der Waals surface area (Å²) in [6.45, 7) is 15.0. The van der Waals surface area contributed by atoms with Crippen molar-refractivity contribution in [1.82, 2.24) is 52.8 Å². The zero-order valence-corrected chi connectivity index (χ0v) is 44.5. The monoisotopic (exact) mass is 1060 g/mol. The van der Waals surface area contributed by atoms with Crippen molar-refractivity contribution in [2.45, 2.75) is 162 Å². The number of benzene rings is 1. The zero-order valence-electron chi connectivity index (χ0n) is 44.5. The molecule has 2 aromatic rings. The molecule has 0 fully saturated rings. The molecule has 0 aliphatic rings. The standard InChI is InChI=1S/C50H79N11O14/c1-11-27(8)41(48(72)58-35(19-25(4)5)47(71)61-42(29(10)62)49(73)60-40(26(6)7)50(74)75)59-38(64)23-54-45(69)36(20-30-21-52-33-15-13-12-14-31(30)33)56-37(63)22-53-43(67)28(9)55-46(70)34(18-24(2)3)57-44(68)32(51)16-17-39(65)66/h12-15,21,24-29,32,34-36,40-42,52,62H,11,16-20,22-23,51H2,1-10H3,(H,53,67)(H,54,69)(H,55,70)(H,56,63)(H,57,68)(H,58,72)(H,59,64)(H,60,73)(H,61,71)(H,65,66)(H,74,75)/t27-,28-,29+,32-,34-,35-,36-,40-,41-,42-/m0/s1. The number of rotatable bonds is 32. The molecule has 0 radical (unpaired) electrons. The van der Waals surface area contributed by atoms with E-state index in [1.54, 1.807) is 79.8 Å². The van der Waals surface area contributed by atoms with E-state index in [0.29, 0.717) is 12.0 Å². The van der Waals surface area contributed by atoms with E-state index in [0.717, 1.165) is 10.9 Å². The molecule has 25 nitrogen and oxygen atoms in total. The number of nitrogens with two attached hydrogens (primary N) is 1. The van der Waals surface area contributed by atoms with E-state index in [1.807, 2.05) is 6.07 Å². The molecule has 1 aromatic heterocycles. The third-order valence-electron chi connectivity index (χ3n) is 12.1. The Morgan fingerprint density at radius 3 is 1.64 bits per heavy atom. The van der Waals surface area contributed by atoms with Gasteiger partial charge in [-0.25, -0.2) is 4.79 Å². The molecule has 0 aliphatic carbocycles. The Morgan fingerprint density at radius 1 is 0.587 bits per heavy atom. The lowest BCUT2D eigenvalue weighted by Gasteiger charge is -2.29. The molecule has 0 saturated carbocycles. The van der Waals surface area contributed by atoms with Gasteiger partial charge in [-0.2, -0.15) is 0 Å². The molecular weight excluding hydrogens is 979 g/mol. The Labute approximate surface area is 436 Å². The number of hydrogen-bond acceptors (Lipinski definition) is 13. The van der Waals surface area contributed by atoms with Crippen LogP contribution in [0.4, 0.5) is 0 Å². The van der Waals surface area contributed by atoms with Gasteiger partial charge in [0.1, 0.15) is 42.3 Å². The van der Waals surface area contributed by atoms with Crippen molar-refractivity contribution < 1.29 is 68.1 Å². The fourth-order valence-electron chi connectivity index (χ4n) is 7.66. The number of para-hydroxylation sites is 1. The average Bonchev–Trinajstić information content (AvgIpc) is 3.74. The number of aliphatic hydroxyl groups excluding tert-OH is 1. The summed E-state index contributed by atoms with van der Waals surface area (Å²) in [6.07, 6.45) is 0.164. The summed E-state index contributed by atoms with van der Waals surface area (Å²) >= 11 is 0. The van der Waals surface area contributed by atoms with Crippen LogP contribution in [0, 0.1) is 23.7 Å². The first-order chi connectivity index (χ1) is 35.1. The molecule has 1 aromatic carbocycles. The molecule has 0 spiro atoms. The van der Waals surface area contributed by atoms with Crippen molar-refractivity contribution in [2.75, 3.05) is 13.1 Å². The summed E-state index contributed by atoms with van der Waals surface area (Å²) < 4.78 is 0. The molecule has 418 valence electrons. The summed E-state index contributed by atoms with van der Waals surface area (Å²) in [5.41, 5.74) is 7.18. The van der Waals surface area contributed by atoms with Gasteiger partial charge in [-0.05, 0) is 68.4 Å². The molecule has 9 amide bonds. The van der Waals surface area contributed by atoms with Gasteiger partial charge < -0.3 is 73.9 Å².